The smallest absolute Gasteiger partial charge is 0.241 e. The number of unbranched alkanes of at least 4 members (excludes halogenated alkanes) is 2. The Kier molecular flexibility index (Phi) is 5.68. The van der Waals surface area contributed by atoms with Gasteiger partial charge in [-0.2, -0.15) is 0 Å². The van der Waals surface area contributed by atoms with Gasteiger partial charge < -0.3 is 4.90 Å². The van der Waals surface area contributed by atoms with E-state index in [9.17, 15) is 4.79 Å². The number of carbonyl (C=O) groups is 1. The van der Waals surface area contributed by atoms with E-state index in [0.29, 0.717) is 18.0 Å². The highest BCUT2D eigenvalue weighted by atomic mass is 16.2. The van der Waals surface area contributed by atoms with E-state index < -0.39 is 0 Å². The fourth-order valence-corrected chi connectivity index (χ4v) is 3.56. The fraction of sp³-hybridized carbons (Fsp3) is 0.938. The number of hydrogen-bond acceptors (Lipinski definition) is 2. The molecule has 1 saturated carbocycles. The topological polar surface area (TPSA) is 32.3 Å². The van der Waals surface area contributed by atoms with Crippen molar-refractivity contribution in [3.8, 4) is 0 Å². The van der Waals surface area contributed by atoms with E-state index in [1.165, 1.54) is 38.5 Å². The lowest BCUT2D eigenvalue weighted by Crippen LogP contribution is -2.43. The molecule has 1 aliphatic heterocycles. The fourth-order valence-electron chi connectivity index (χ4n) is 3.56. The molecule has 3 heteroatoms. The van der Waals surface area contributed by atoms with E-state index in [1.54, 1.807) is 0 Å². The van der Waals surface area contributed by atoms with Crippen LogP contribution in [0.2, 0.25) is 0 Å². The van der Waals surface area contributed by atoms with Gasteiger partial charge in [0.25, 0.3) is 0 Å². The van der Waals surface area contributed by atoms with E-state index in [1.807, 2.05) is 0 Å². The zero-order valence-corrected chi connectivity index (χ0v) is 12.7. The lowest BCUT2D eigenvalue weighted by Gasteiger charge is -2.28. The van der Waals surface area contributed by atoms with Crippen molar-refractivity contribution < 1.29 is 4.79 Å². The van der Waals surface area contributed by atoms with Crippen LogP contribution >= 0.6 is 0 Å². The molecule has 2 aliphatic rings. The van der Waals surface area contributed by atoms with Crippen molar-refractivity contribution >= 4 is 5.91 Å². The van der Waals surface area contributed by atoms with Crippen molar-refractivity contribution in [1.82, 2.24) is 10.2 Å². The lowest BCUT2D eigenvalue weighted by molar-refractivity contribution is -0.130. The number of amides is 1. The Hall–Kier alpha value is -0.570. The molecule has 1 amide bonds. The summed E-state index contributed by atoms with van der Waals surface area (Å²) in [6.45, 7) is 5.35. The first-order valence-corrected chi connectivity index (χ1v) is 8.34. The molecular weight excluding hydrogens is 236 g/mol. The molecule has 2 rings (SSSR count). The van der Waals surface area contributed by atoms with Gasteiger partial charge in [0, 0.05) is 6.54 Å². The molecule has 2 atom stereocenters. The van der Waals surface area contributed by atoms with E-state index in [4.69, 9.17) is 0 Å². The second-order valence-electron chi connectivity index (χ2n) is 6.24. The maximum Gasteiger partial charge on any atom is 0.241 e. The van der Waals surface area contributed by atoms with Crippen LogP contribution in [0.5, 0.6) is 0 Å². The summed E-state index contributed by atoms with van der Waals surface area (Å²) in [7, 11) is 0. The monoisotopic (exact) mass is 266 g/mol. The van der Waals surface area contributed by atoms with E-state index in [2.05, 4.69) is 24.1 Å². The van der Waals surface area contributed by atoms with Crippen LogP contribution in [0.4, 0.5) is 0 Å². The third kappa shape index (κ3) is 3.50. The van der Waals surface area contributed by atoms with Gasteiger partial charge in [0.1, 0.15) is 0 Å². The SMILES string of the molecule is CCCCC1NC(C2CCCC2)N(CCCC)C1=O. The maximum absolute atomic E-state index is 12.5. The van der Waals surface area contributed by atoms with Crippen LogP contribution in [0.15, 0.2) is 0 Å². The minimum absolute atomic E-state index is 0.0995. The van der Waals surface area contributed by atoms with Crippen LogP contribution in [0.1, 0.15) is 71.6 Å². The van der Waals surface area contributed by atoms with Crippen LogP contribution in [0.3, 0.4) is 0 Å². The van der Waals surface area contributed by atoms with Crippen LogP contribution in [0, 0.1) is 5.92 Å². The average molecular weight is 266 g/mol. The summed E-state index contributed by atoms with van der Waals surface area (Å²) in [5.41, 5.74) is 0. The first-order chi connectivity index (χ1) is 9.27. The van der Waals surface area contributed by atoms with Crippen molar-refractivity contribution in [2.45, 2.75) is 83.8 Å². The number of carbonyl (C=O) groups excluding carboxylic acids is 1. The summed E-state index contributed by atoms with van der Waals surface area (Å²) in [5.74, 6) is 1.08. The highest BCUT2D eigenvalue weighted by Gasteiger charge is 2.42. The van der Waals surface area contributed by atoms with Gasteiger partial charge in [-0.15, -0.1) is 0 Å². The highest BCUT2D eigenvalue weighted by Crippen LogP contribution is 2.32. The van der Waals surface area contributed by atoms with Crippen molar-refractivity contribution in [3.05, 3.63) is 0 Å². The van der Waals surface area contributed by atoms with Crippen molar-refractivity contribution in [2.75, 3.05) is 6.54 Å². The molecule has 0 bridgehead atoms. The van der Waals surface area contributed by atoms with E-state index in [0.717, 1.165) is 25.8 Å². The van der Waals surface area contributed by atoms with Crippen molar-refractivity contribution in [2.24, 2.45) is 5.92 Å². The minimum atomic E-state index is 0.0995. The second-order valence-corrected chi connectivity index (χ2v) is 6.24. The molecule has 1 aliphatic carbocycles. The van der Waals surface area contributed by atoms with Gasteiger partial charge in [-0.05, 0) is 31.6 Å². The zero-order valence-electron chi connectivity index (χ0n) is 12.7. The predicted octanol–water partition coefficient (Wildman–Crippen LogP) is 3.29. The molecule has 110 valence electrons. The maximum atomic E-state index is 12.5. The first kappa shape index (κ1) is 14.8. The molecule has 2 unspecified atom stereocenters. The van der Waals surface area contributed by atoms with Crippen LogP contribution < -0.4 is 5.32 Å². The molecule has 0 aromatic heterocycles. The molecule has 19 heavy (non-hydrogen) atoms. The highest BCUT2D eigenvalue weighted by molar-refractivity contribution is 5.84. The molecule has 1 N–H and O–H groups in total. The largest absolute Gasteiger partial charge is 0.326 e. The summed E-state index contributed by atoms with van der Waals surface area (Å²) < 4.78 is 0. The van der Waals surface area contributed by atoms with Crippen LogP contribution in [0.25, 0.3) is 0 Å². The molecule has 2 fully saturated rings. The Bertz CT molecular complexity index is 286. The number of nitrogens with zero attached hydrogens (tertiary/aromatic N) is 1. The Morgan fingerprint density at radius 3 is 2.47 bits per heavy atom. The summed E-state index contributed by atoms with van der Waals surface area (Å²) in [6, 6.07) is 0.0995. The van der Waals surface area contributed by atoms with Gasteiger partial charge in [0.2, 0.25) is 5.91 Å². The molecule has 0 spiro atoms. The standard InChI is InChI=1S/C16H30N2O/c1-3-5-11-14-16(19)18(12-6-4-2)15(17-14)13-9-7-8-10-13/h13-15,17H,3-12H2,1-2H3. The van der Waals surface area contributed by atoms with Gasteiger partial charge in [-0.25, -0.2) is 0 Å². The summed E-state index contributed by atoms with van der Waals surface area (Å²) >= 11 is 0. The van der Waals surface area contributed by atoms with Crippen LogP contribution in [-0.4, -0.2) is 29.6 Å². The van der Waals surface area contributed by atoms with Crippen molar-refractivity contribution in [3.63, 3.8) is 0 Å². The normalized spacial score (nSPS) is 28.5. The molecule has 3 nitrogen and oxygen atoms in total. The lowest BCUT2D eigenvalue weighted by atomic mass is 10.0. The quantitative estimate of drug-likeness (QED) is 0.767. The molecule has 0 aromatic rings. The number of nitrogens with one attached hydrogen (secondary N) is 1. The minimum Gasteiger partial charge on any atom is -0.326 e. The molecule has 0 aromatic carbocycles. The molecule has 0 radical (unpaired) electrons. The third-order valence-corrected chi connectivity index (χ3v) is 4.73. The Labute approximate surface area is 118 Å². The van der Waals surface area contributed by atoms with E-state index in [-0.39, 0.29) is 6.04 Å². The third-order valence-electron chi connectivity index (χ3n) is 4.73. The zero-order chi connectivity index (χ0) is 13.7. The number of hydrogen-bond donors (Lipinski definition) is 1. The summed E-state index contributed by atoms with van der Waals surface area (Å²) in [6.07, 6.45) is 11.3. The number of rotatable bonds is 7. The molecular formula is C16H30N2O. The summed E-state index contributed by atoms with van der Waals surface area (Å²) in [5, 5.41) is 3.65. The van der Waals surface area contributed by atoms with Gasteiger partial charge >= 0.3 is 0 Å². The predicted molar refractivity (Wildman–Crippen MR) is 78.8 cm³/mol. The molecule has 1 saturated heterocycles. The Morgan fingerprint density at radius 1 is 1.16 bits per heavy atom. The Morgan fingerprint density at radius 2 is 1.84 bits per heavy atom. The van der Waals surface area contributed by atoms with Gasteiger partial charge in [0.05, 0.1) is 12.2 Å². The summed E-state index contributed by atoms with van der Waals surface area (Å²) in [4.78, 5) is 14.7. The molecule has 1 heterocycles. The van der Waals surface area contributed by atoms with Crippen LogP contribution in [-0.2, 0) is 4.79 Å². The van der Waals surface area contributed by atoms with E-state index >= 15 is 0 Å². The first-order valence-electron chi connectivity index (χ1n) is 8.34. The second kappa shape index (κ2) is 7.28. The van der Waals surface area contributed by atoms with Gasteiger partial charge in [-0.3, -0.25) is 10.1 Å². The Balaban J connectivity index is 1.99. The van der Waals surface area contributed by atoms with Gasteiger partial charge in [0.15, 0.2) is 0 Å². The average Bonchev–Trinajstić information content (AvgIpc) is 3.03. The van der Waals surface area contributed by atoms with Crippen molar-refractivity contribution in [1.29, 1.82) is 0 Å². The van der Waals surface area contributed by atoms with Gasteiger partial charge in [-0.1, -0.05) is 46.0 Å².